The lowest BCUT2D eigenvalue weighted by Gasteiger charge is -2.15. The third-order valence-electron chi connectivity index (χ3n) is 2.40. The van der Waals surface area contributed by atoms with Crippen LogP contribution in [0.4, 0.5) is 5.69 Å². The maximum atomic E-state index is 11.8. The first-order valence-electron chi connectivity index (χ1n) is 5.70. The van der Waals surface area contributed by atoms with Crippen molar-refractivity contribution in [2.45, 2.75) is 33.3 Å². The van der Waals surface area contributed by atoms with Crippen molar-refractivity contribution in [3.63, 3.8) is 0 Å². The first-order valence-corrected chi connectivity index (χ1v) is 5.70. The van der Waals surface area contributed by atoms with Gasteiger partial charge >= 0.3 is 5.97 Å². The maximum Gasteiger partial charge on any atom is 0.342 e. The van der Waals surface area contributed by atoms with Crippen molar-refractivity contribution in [3.8, 4) is 5.75 Å². The standard InChI is InChI=1S/C13H19NO3/c1-8(2)7-9(3)17-13(16)10-5-4-6-11(14)12(10)15/h4-6,8-9,15H,7,14H2,1-3H3. The number of nitrogens with two attached hydrogens (primary N) is 1. The van der Waals surface area contributed by atoms with Crippen LogP contribution >= 0.6 is 0 Å². The molecule has 0 aliphatic heterocycles. The number of esters is 1. The Morgan fingerprint density at radius 1 is 1.41 bits per heavy atom. The number of hydrogen-bond donors (Lipinski definition) is 2. The number of benzene rings is 1. The van der Waals surface area contributed by atoms with E-state index in [-0.39, 0.29) is 23.1 Å². The number of ether oxygens (including phenoxy) is 1. The maximum absolute atomic E-state index is 11.8. The highest BCUT2D eigenvalue weighted by Gasteiger charge is 2.17. The number of hydrogen-bond acceptors (Lipinski definition) is 4. The lowest BCUT2D eigenvalue weighted by Crippen LogP contribution is -2.17. The van der Waals surface area contributed by atoms with Crippen molar-refractivity contribution in [2.75, 3.05) is 5.73 Å². The highest BCUT2D eigenvalue weighted by atomic mass is 16.5. The predicted octanol–water partition coefficient (Wildman–Crippen LogP) is 2.57. The molecule has 0 amide bonds. The second kappa shape index (κ2) is 5.57. The van der Waals surface area contributed by atoms with Crippen LogP contribution in [0.2, 0.25) is 0 Å². The summed E-state index contributed by atoms with van der Waals surface area (Å²) in [6.45, 7) is 5.95. The molecule has 0 saturated heterocycles. The van der Waals surface area contributed by atoms with Gasteiger partial charge < -0.3 is 15.6 Å². The summed E-state index contributed by atoms with van der Waals surface area (Å²) in [6.07, 6.45) is 0.609. The monoisotopic (exact) mass is 237 g/mol. The zero-order valence-electron chi connectivity index (χ0n) is 10.4. The van der Waals surface area contributed by atoms with E-state index in [4.69, 9.17) is 10.5 Å². The van der Waals surface area contributed by atoms with Crippen molar-refractivity contribution < 1.29 is 14.6 Å². The van der Waals surface area contributed by atoms with Gasteiger partial charge in [-0.15, -0.1) is 0 Å². The molecule has 94 valence electrons. The summed E-state index contributed by atoms with van der Waals surface area (Å²) in [7, 11) is 0. The SMILES string of the molecule is CC(C)CC(C)OC(=O)c1cccc(N)c1O. The largest absolute Gasteiger partial charge is 0.505 e. The summed E-state index contributed by atoms with van der Waals surface area (Å²) in [5.41, 5.74) is 5.80. The van der Waals surface area contributed by atoms with E-state index in [1.807, 2.05) is 6.92 Å². The van der Waals surface area contributed by atoms with Crippen molar-refractivity contribution >= 4 is 11.7 Å². The van der Waals surface area contributed by atoms with Gasteiger partial charge in [-0.1, -0.05) is 19.9 Å². The fourth-order valence-electron chi connectivity index (χ4n) is 1.68. The zero-order valence-corrected chi connectivity index (χ0v) is 10.4. The van der Waals surface area contributed by atoms with Crippen molar-refractivity contribution in [1.82, 2.24) is 0 Å². The van der Waals surface area contributed by atoms with Crippen LogP contribution < -0.4 is 5.73 Å². The Hall–Kier alpha value is -1.71. The third kappa shape index (κ3) is 3.66. The number of aromatic hydroxyl groups is 1. The summed E-state index contributed by atoms with van der Waals surface area (Å²) in [5, 5.41) is 9.64. The summed E-state index contributed by atoms with van der Waals surface area (Å²) >= 11 is 0. The molecule has 0 heterocycles. The molecule has 1 aromatic carbocycles. The Morgan fingerprint density at radius 2 is 2.06 bits per heavy atom. The second-order valence-electron chi connectivity index (χ2n) is 4.59. The average Bonchev–Trinajstić information content (AvgIpc) is 2.20. The molecular weight excluding hydrogens is 218 g/mol. The highest BCUT2D eigenvalue weighted by Crippen LogP contribution is 2.25. The fourth-order valence-corrected chi connectivity index (χ4v) is 1.68. The first kappa shape index (κ1) is 13.4. The molecule has 0 fully saturated rings. The molecule has 4 nitrogen and oxygen atoms in total. The Bertz CT molecular complexity index is 402. The van der Waals surface area contributed by atoms with Crippen LogP contribution in [0.25, 0.3) is 0 Å². The van der Waals surface area contributed by atoms with Gasteiger partial charge in [-0.2, -0.15) is 0 Å². The van der Waals surface area contributed by atoms with Crippen LogP contribution in [-0.2, 0) is 4.74 Å². The number of para-hydroxylation sites is 1. The summed E-state index contributed by atoms with van der Waals surface area (Å²) in [6, 6.07) is 4.64. The van der Waals surface area contributed by atoms with Crippen LogP contribution in [-0.4, -0.2) is 17.2 Å². The summed E-state index contributed by atoms with van der Waals surface area (Å²) in [5.74, 6) is -0.301. The summed E-state index contributed by atoms with van der Waals surface area (Å²) in [4.78, 5) is 11.8. The normalized spacial score (nSPS) is 12.5. The number of phenolic OH excluding ortho intramolecular Hbond substituents is 1. The molecule has 1 atom stereocenters. The van der Waals surface area contributed by atoms with Gasteiger partial charge in [-0.25, -0.2) is 4.79 Å². The average molecular weight is 237 g/mol. The zero-order chi connectivity index (χ0) is 13.0. The number of anilines is 1. The number of carbonyl (C=O) groups excluding carboxylic acids is 1. The smallest absolute Gasteiger partial charge is 0.342 e. The molecule has 3 N–H and O–H groups in total. The molecule has 0 spiro atoms. The molecule has 0 bridgehead atoms. The van der Waals surface area contributed by atoms with E-state index in [9.17, 15) is 9.90 Å². The van der Waals surface area contributed by atoms with Gasteiger partial charge in [0.2, 0.25) is 0 Å². The van der Waals surface area contributed by atoms with E-state index in [0.717, 1.165) is 6.42 Å². The molecule has 1 rings (SSSR count). The van der Waals surface area contributed by atoms with Crippen LogP contribution in [0.3, 0.4) is 0 Å². The van der Waals surface area contributed by atoms with Crippen LogP contribution in [0.15, 0.2) is 18.2 Å². The van der Waals surface area contributed by atoms with Gasteiger partial charge in [0.15, 0.2) is 5.75 Å². The van der Waals surface area contributed by atoms with E-state index in [1.54, 1.807) is 6.07 Å². The number of carbonyl (C=O) groups is 1. The molecule has 4 heteroatoms. The molecule has 1 unspecified atom stereocenters. The molecular formula is C13H19NO3. The van der Waals surface area contributed by atoms with Crippen molar-refractivity contribution in [2.24, 2.45) is 5.92 Å². The van der Waals surface area contributed by atoms with Gasteiger partial charge in [0, 0.05) is 0 Å². The van der Waals surface area contributed by atoms with Gasteiger partial charge in [0.1, 0.15) is 5.56 Å². The topological polar surface area (TPSA) is 72.5 Å². The number of phenols is 1. The van der Waals surface area contributed by atoms with Crippen LogP contribution in [0, 0.1) is 5.92 Å². The molecule has 17 heavy (non-hydrogen) atoms. The van der Waals surface area contributed by atoms with Gasteiger partial charge in [-0.05, 0) is 31.4 Å². The van der Waals surface area contributed by atoms with Gasteiger partial charge in [0.05, 0.1) is 11.8 Å². The molecule has 0 saturated carbocycles. The Balaban J connectivity index is 2.73. The molecule has 1 aromatic rings. The lowest BCUT2D eigenvalue weighted by atomic mass is 10.1. The van der Waals surface area contributed by atoms with Gasteiger partial charge in [-0.3, -0.25) is 0 Å². The minimum atomic E-state index is -0.539. The van der Waals surface area contributed by atoms with Crippen LogP contribution in [0.1, 0.15) is 37.6 Å². The van der Waals surface area contributed by atoms with Crippen LogP contribution in [0.5, 0.6) is 5.75 Å². The molecule has 0 aromatic heterocycles. The fraction of sp³-hybridized carbons (Fsp3) is 0.462. The Morgan fingerprint density at radius 3 is 2.65 bits per heavy atom. The number of rotatable bonds is 4. The van der Waals surface area contributed by atoms with E-state index in [2.05, 4.69) is 13.8 Å². The predicted molar refractivity (Wildman–Crippen MR) is 66.9 cm³/mol. The Labute approximate surface area is 101 Å². The highest BCUT2D eigenvalue weighted by molar-refractivity contribution is 5.94. The van der Waals surface area contributed by atoms with Crippen molar-refractivity contribution in [1.29, 1.82) is 0 Å². The van der Waals surface area contributed by atoms with Crippen molar-refractivity contribution in [3.05, 3.63) is 23.8 Å². The quantitative estimate of drug-likeness (QED) is 0.479. The van der Waals surface area contributed by atoms with E-state index >= 15 is 0 Å². The minimum Gasteiger partial charge on any atom is -0.505 e. The Kier molecular flexibility index (Phi) is 4.37. The van der Waals surface area contributed by atoms with Gasteiger partial charge in [0.25, 0.3) is 0 Å². The van der Waals surface area contributed by atoms with E-state index in [0.29, 0.717) is 5.92 Å². The molecule has 0 aliphatic carbocycles. The van der Waals surface area contributed by atoms with E-state index < -0.39 is 5.97 Å². The summed E-state index contributed by atoms with van der Waals surface area (Å²) < 4.78 is 5.23. The molecule has 0 radical (unpaired) electrons. The molecule has 0 aliphatic rings. The first-order chi connectivity index (χ1) is 7.91. The number of nitrogen functional groups attached to an aromatic ring is 1. The second-order valence-corrected chi connectivity index (χ2v) is 4.59. The minimum absolute atomic E-state index is 0.112. The third-order valence-corrected chi connectivity index (χ3v) is 2.40. The van der Waals surface area contributed by atoms with E-state index in [1.165, 1.54) is 12.1 Å². The lowest BCUT2D eigenvalue weighted by molar-refractivity contribution is 0.0297.